The zero-order valence-corrected chi connectivity index (χ0v) is 9.71. The lowest BCUT2D eigenvalue weighted by Gasteiger charge is -2.27. The molecule has 0 aromatic carbocycles. The van der Waals surface area contributed by atoms with Crippen molar-refractivity contribution in [3.8, 4) is 0 Å². The van der Waals surface area contributed by atoms with Crippen LogP contribution < -0.4 is 10.6 Å². The largest absolute Gasteiger partial charge is 0.352 e. The second-order valence-electron chi connectivity index (χ2n) is 3.96. The Morgan fingerprint density at radius 3 is 3.00 bits per heavy atom. The molecule has 5 heteroatoms. The fraction of sp³-hybridized carbons (Fsp3) is 0.636. The normalized spacial score (nSPS) is 15.6. The summed E-state index contributed by atoms with van der Waals surface area (Å²) in [5.41, 5.74) is 0.510. The average Bonchev–Trinajstić information content (AvgIpc) is 2.26. The lowest BCUT2D eigenvalue weighted by Crippen LogP contribution is -2.47. The first kappa shape index (κ1) is 12.5. The number of amides is 3. The molecule has 1 heterocycles. The minimum absolute atomic E-state index is 0.00234. The molecule has 0 aromatic rings. The van der Waals surface area contributed by atoms with E-state index in [2.05, 4.69) is 17.2 Å². The summed E-state index contributed by atoms with van der Waals surface area (Å²) in [7, 11) is 0. The monoisotopic (exact) mass is 225 g/mol. The Bertz CT molecular complexity index is 289. The summed E-state index contributed by atoms with van der Waals surface area (Å²) in [4.78, 5) is 24.3. The van der Waals surface area contributed by atoms with E-state index in [1.165, 1.54) is 0 Å². The Morgan fingerprint density at radius 2 is 2.38 bits per heavy atom. The molecule has 90 valence electrons. The highest BCUT2D eigenvalue weighted by Gasteiger charge is 2.16. The molecule has 0 aliphatic carbocycles. The van der Waals surface area contributed by atoms with Crippen LogP contribution in [0.25, 0.3) is 0 Å². The molecule has 5 nitrogen and oxygen atoms in total. The van der Waals surface area contributed by atoms with Crippen molar-refractivity contribution in [2.75, 3.05) is 26.2 Å². The average molecular weight is 225 g/mol. The smallest absolute Gasteiger partial charge is 0.317 e. The van der Waals surface area contributed by atoms with Gasteiger partial charge < -0.3 is 15.5 Å². The van der Waals surface area contributed by atoms with E-state index in [-0.39, 0.29) is 11.9 Å². The van der Waals surface area contributed by atoms with Crippen molar-refractivity contribution in [3.63, 3.8) is 0 Å². The maximum atomic E-state index is 11.3. The van der Waals surface area contributed by atoms with Gasteiger partial charge in [-0.2, -0.15) is 0 Å². The van der Waals surface area contributed by atoms with Crippen LogP contribution in [0.2, 0.25) is 0 Å². The Labute approximate surface area is 95.9 Å². The summed E-state index contributed by atoms with van der Waals surface area (Å²) >= 11 is 0. The number of hydrogen-bond donors (Lipinski definition) is 2. The van der Waals surface area contributed by atoms with Crippen molar-refractivity contribution in [1.29, 1.82) is 0 Å². The Kier molecular flexibility index (Phi) is 4.82. The third kappa shape index (κ3) is 3.92. The highest BCUT2D eigenvalue weighted by molar-refractivity contribution is 5.92. The molecule has 0 unspecified atom stereocenters. The molecule has 1 aliphatic rings. The van der Waals surface area contributed by atoms with Gasteiger partial charge in [0.1, 0.15) is 0 Å². The topological polar surface area (TPSA) is 61.4 Å². The van der Waals surface area contributed by atoms with Gasteiger partial charge in [0, 0.05) is 31.8 Å². The Hall–Kier alpha value is -1.52. The summed E-state index contributed by atoms with van der Waals surface area (Å²) < 4.78 is 0. The third-order valence-corrected chi connectivity index (χ3v) is 2.45. The molecule has 1 fully saturated rings. The highest BCUT2D eigenvalue weighted by atomic mass is 16.2. The van der Waals surface area contributed by atoms with Gasteiger partial charge in [0.15, 0.2) is 0 Å². The first-order chi connectivity index (χ1) is 7.61. The van der Waals surface area contributed by atoms with Gasteiger partial charge in [-0.25, -0.2) is 4.79 Å². The van der Waals surface area contributed by atoms with Crippen LogP contribution in [0.5, 0.6) is 0 Å². The van der Waals surface area contributed by atoms with E-state index in [4.69, 9.17) is 0 Å². The van der Waals surface area contributed by atoms with Gasteiger partial charge in [-0.1, -0.05) is 6.58 Å². The highest BCUT2D eigenvalue weighted by Crippen LogP contribution is 1.99. The molecule has 0 atom stereocenters. The Morgan fingerprint density at radius 1 is 1.62 bits per heavy atom. The molecule has 2 N–H and O–H groups in total. The van der Waals surface area contributed by atoms with Crippen LogP contribution in [0.15, 0.2) is 12.2 Å². The standard InChI is InChI=1S/C11H19N3O2/c1-9(2)10(15)12-5-3-7-14-8-4-6-13-11(14)16/h1,3-8H2,2H3,(H,12,15)(H,13,16). The molecular weight excluding hydrogens is 206 g/mol. The van der Waals surface area contributed by atoms with Crippen molar-refractivity contribution in [2.24, 2.45) is 0 Å². The third-order valence-electron chi connectivity index (χ3n) is 2.45. The second kappa shape index (κ2) is 6.15. The van der Waals surface area contributed by atoms with E-state index < -0.39 is 0 Å². The molecule has 1 rings (SSSR count). The molecule has 0 aromatic heterocycles. The maximum Gasteiger partial charge on any atom is 0.317 e. The number of hydrogen-bond acceptors (Lipinski definition) is 2. The van der Waals surface area contributed by atoms with Crippen molar-refractivity contribution in [1.82, 2.24) is 15.5 Å². The number of urea groups is 1. The van der Waals surface area contributed by atoms with Gasteiger partial charge >= 0.3 is 6.03 Å². The molecule has 0 bridgehead atoms. The van der Waals surface area contributed by atoms with E-state index in [1.54, 1.807) is 11.8 Å². The van der Waals surface area contributed by atoms with Gasteiger partial charge in [-0.15, -0.1) is 0 Å². The van der Waals surface area contributed by atoms with E-state index in [1.807, 2.05) is 0 Å². The molecule has 0 saturated carbocycles. The van der Waals surface area contributed by atoms with Crippen LogP contribution in [-0.2, 0) is 4.79 Å². The van der Waals surface area contributed by atoms with E-state index in [9.17, 15) is 9.59 Å². The predicted octanol–water partition coefficient (Wildman–Crippen LogP) is 0.484. The van der Waals surface area contributed by atoms with Gasteiger partial charge in [-0.05, 0) is 19.8 Å². The predicted molar refractivity (Wildman–Crippen MR) is 62.0 cm³/mol. The van der Waals surface area contributed by atoms with Crippen LogP contribution in [0.3, 0.4) is 0 Å². The second-order valence-corrected chi connectivity index (χ2v) is 3.96. The minimum atomic E-state index is -0.122. The zero-order chi connectivity index (χ0) is 12.0. The molecule has 16 heavy (non-hydrogen) atoms. The number of carbonyl (C=O) groups is 2. The van der Waals surface area contributed by atoms with Crippen LogP contribution in [0.4, 0.5) is 4.79 Å². The number of nitrogens with one attached hydrogen (secondary N) is 2. The molecule has 0 radical (unpaired) electrons. The minimum Gasteiger partial charge on any atom is -0.352 e. The van der Waals surface area contributed by atoms with Crippen molar-refractivity contribution >= 4 is 11.9 Å². The summed E-state index contributed by atoms with van der Waals surface area (Å²) in [5, 5.41) is 5.53. The van der Waals surface area contributed by atoms with Crippen molar-refractivity contribution < 1.29 is 9.59 Å². The maximum absolute atomic E-state index is 11.3. The number of rotatable bonds is 5. The molecule has 1 aliphatic heterocycles. The first-order valence-electron chi connectivity index (χ1n) is 5.57. The van der Waals surface area contributed by atoms with Crippen LogP contribution in [0.1, 0.15) is 19.8 Å². The van der Waals surface area contributed by atoms with Crippen molar-refractivity contribution in [3.05, 3.63) is 12.2 Å². The molecule has 1 saturated heterocycles. The summed E-state index contributed by atoms with van der Waals surface area (Å²) in [6.45, 7) is 8.06. The van der Waals surface area contributed by atoms with Gasteiger partial charge in [-0.3, -0.25) is 4.79 Å². The lowest BCUT2D eigenvalue weighted by molar-refractivity contribution is -0.117. The zero-order valence-electron chi connectivity index (χ0n) is 9.71. The fourth-order valence-corrected chi connectivity index (χ4v) is 1.51. The molecule has 0 spiro atoms. The van der Waals surface area contributed by atoms with Gasteiger partial charge in [0.2, 0.25) is 5.91 Å². The van der Waals surface area contributed by atoms with Crippen molar-refractivity contribution in [2.45, 2.75) is 19.8 Å². The van der Waals surface area contributed by atoms with Crippen LogP contribution in [0, 0.1) is 0 Å². The van der Waals surface area contributed by atoms with E-state index in [0.29, 0.717) is 18.7 Å². The fourth-order valence-electron chi connectivity index (χ4n) is 1.51. The summed E-state index contributed by atoms with van der Waals surface area (Å²) in [6.07, 6.45) is 1.76. The van der Waals surface area contributed by atoms with Crippen LogP contribution >= 0.6 is 0 Å². The SMILES string of the molecule is C=C(C)C(=O)NCCCN1CCCNC1=O. The Balaban J connectivity index is 2.13. The summed E-state index contributed by atoms with van der Waals surface area (Å²) in [5.74, 6) is -0.122. The number of carbonyl (C=O) groups excluding carboxylic acids is 2. The van der Waals surface area contributed by atoms with Crippen LogP contribution in [-0.4, -0.2) is 43.0 Å². The van der Waals surface area contributed by atoms with Gasteiger partial charge in [0.25, 0.3) is 0 Å². The van der Waals surface area contributed by atoms with E-state index in [0.717, 1.165) is 25.9 Å². The quantitative estimate of drug-likeness (QED) is 0.528. The lowest BCUT2D eigenvalue weighted by atomic mass is 10.3. The first-order valence-corrected chi connectivity index (χ1v) is 5.57. The summed E-state index contributed by atoms with van der Waals surface area (Å²) in [6, 6.07) is -0.00234. The number of nitrogens with zero attached hydrogens (tertiary/aromatic N) is 1. The molecule has 3 amide bonds. The van der Waals surface area contributed by atoms with Gasteiger partial charge in [0.05, 0.1) is 0 Å². The molecular formula is C11H19N3O2. The van der Waals surface area contributed by atoms with E-state index >= 15 is 0 Å².